The molecule has 0 saturated heterocycles. The fraction of sp³-hybridized carbons (Fsp3) is 0.652. The standard InChI is InChI=1S/C23H36F2N2O5/c1-22(2,3)31-20(28)26(7)18(16-30-15-17-11-9-8-10-12-17)13-27(14-19(24)25)21(29)32-23(4,5)6/h8-12,18-19H,13-16H2,1-7H3. The molecular formula is C23H36F2N2O5. The number of alkyl halides is 2. The molecule has 9 heteroatoms. The van der Waals surface area contributed by atoms with E-state index in [0.29, 0.717) is 0 Å². The topological polar surface area (TPSA) is 68.3 Å². The van der Waals surface area contributed by atoms with E-state index >= 15 is 0 Å². The first-order chi connectivity index (χ1) is 14.7. The fourth-order valence-electron chi connectivity index (χ4n) is 2.63. The summed E-state index contributed by atoms with van der Waals surface area (Å²) in [5.74, 6) is 0. The maximum Gasteiger partial charge on any atom is 0.410 e. The SMILES string of the molecule is CN(C(=O)OC(C)(C)C)C(COCc1ccccc1)CN(CC(F)F)C(=O)OC(C)(C)C. The molecule has 0 aromatic heterocycles. The molecule has 0 saturated carbocycles. The summed E-state index contributed by atoms with van der Waals surface area (Å²) in [4.78, 5) is 27.3. The van der Waals surface area contributed by atoms with Crippen LogP contribution >= 0.6 is 0 Å². The van der Waals surface area contributed by atoms with Crippen LogP contribution in [-0.2, 0) is 20.8 Å². The van der Waals surface area contributed by atoms with Crippen molar-refractivity contribution in [2.45, 2.75) is 71.8 Å². The van der Waals surface area contributed by atoms with Crippen LogP contribution in [0, 0.1) is 0 Å². The number of hydrogen-bond donors (Lipinski definition) is 0. The van der Waals surface area contributed by atoms with Gasteiger partial charge in [-0.15, -0.1) is 0 Å². The minimum atomic E-state index is -2.76. The van der Waals surface area contributed by atoms with E-state index in [0.717, 1.165) is 10.5 Å². The normalized spacial score (nSPS) is 12.9. The molecule has 182 valence electrons. The van der Waals surface area contributed by atoms with Gasteiger partial charge in [-0.1, -0.05) is 30.3 Å². The fourth-order valence-corrected chi connectivity index (χ4v) is 2.63. The van der Waals surface area contributed by atoms with Gasteiger partial charge in [0.05, 0.1) is 25.8 Å². The summed E-state index contributed by atoms with van der Waals surface area (Å²) in [7, 11) is 1.49. The van der Waals surface area contributed by atoms with Gasteiger partial charge in [-0.3, -0.25) is 0 Å². The molecule has 0 spiro atoms. The monoisotopic (exact) mass is 458 g/mol. The first kappa shape index (κ1) is 27.6. The first-order valence-electron chi connectivity index (χ1n) is 10.5. The Morgan fingerprint density at radius 3 is 1.94 bits per heavy atom. The second-order valence-corrected chi connectivity index (χ2v) is 9.52. The summed E-state index contributed by atoms with van der Waals surface area (Å²) in [5, 5.41) is 0. The van der Waals surface area contributed by atoms with Gasteiger partial charge in [0.25, 0.3) is 6.43 Å². The maximum absolute atomic E-state index is 13.2. The third-order valence-electron chi connectivity index (χ3n) is 4.09. The van der Waals surface area contributed by atoms with Gasteiger partial charge in [0.2, 0.25) is 0 Å². The third-order valence-corrected chi connectivity index (χ3v) is 4.09. The molecule has 0 bridgehead atoms. The molecule has 0 fully saturated rings. The Hall–Kier alpha value is -2.42. The van der Waals surface area contributed by atoms with E-state index in [2.05, 4.69) is 0 Å². The number of likely N-dealkylation sites (N-methyl/N-ethyl adjacent to an activating group) is 1. The highest BCUT2D eigenvalue weighted by atomic mass is 19.3. The lowest BCUT2D eigenvalue weighted by Gasteiger charge is -2.35. The van der Waals surface area contributed by atoms with Crippen LogP contribution in [0.15, 0.2) is 30.3 Å². The van der Waals surface area contributed by atoms with E-state index in [9.17, 15) is 18.4 Å². The largest absolute Gasteiger partial charge is 0.444 e. The predicted molar refractivity (Wildman–Crippen MR) is 118 cm³/mol. The second-order valence-electron chi connectivity index (χ2n) is 9.52. The summed E-state index contributed by atoms with van der Waals surface area (Å²) >= 11 is 0. The molecule has 0 aliphatic rings. The zero-order valence-electron chi connectivity index (χ0n) is 20.1. The van der Waals surface area contributed by atoms with Crippen molar-refractivity contribution < 1.29 is 32.6 Å². The smallest absolute Gasteiger partial charge is 0.410 e. The van der Waals surface area contributed by atoms with Gasteiger partial charge in [-0.05, 0) is 47.1 Å². The zero-order chi connectivity index (χ0) is 24.5. The summed E-state index contributed by atoms with van der Waals surface area (Å²) < 4.78 is 42.8. The van der Waals surface area contributed by atoms with Crippen LogP contribution in [0.2, 0.25) is 0 Å². The lowest BCUT2D eigenvalue weighted by atomic mass is 10.2. The van der Waals surface area contributed by atoms with Gasteiger partial charge in [0.15, 0.2) is 0 Å². The molecule has 7 nitrogen and oxygen atoms in total. The number of rotatable bonds is 9. The minimum absolute atomic E-state index is 0.00712. The molecule has 1 atom stereocenters. The number of ether oxygens (including phenoxy) is 3. The summed E-state index contributed by atoms with van der Waals surface area (Å²) in [6, 6.07) is 8.66. The van der Waals surface area contributed by atoms with E-state index in [1.165, 1.54) is 11.9 Å². The van der Waals surface area contributed by atoms with E-state index in [4.69, 9.17) is 14.2 Å². The number of hydrogen-bond acceptors (Lipinski definition) is 5. The zero-order valence-corrected chi connectivity index (χ0v) is 20.1. The molecule has 0 aliphatic carbocycles. The predicted octanol–water partition coefficient (Wildman–Crippen LogP) is 4.94. The van der Waals surface area contributed by atoms with Crippen molar-refractivity contribution in [2.24, 2.45) is 0 Å². The van der Waals surface area contributed by atoms with Crippen LogP contribution in [-0.4, -0.2) is 72.4 Å². The highest BCUT2D eigenvalue weighted by molar-refractivity contribution is 5.69. The van der Waals surface area contributed by atoms with Crippen LogP contribution in [0.1, 0.15) is 47.1 Å². The van der Waals surface area contributed by atoms with Crippen LogP contribution in [0.3, 0.4) is 0 Å². The molecule has 1 unspecified atom stereocenters. The first-order valence-corrected chi connectivity index (χ1v) is 10.5. The van der Waals surface area contributed by atoms with Crippen molar-refractivity contribution >= 4 is 12.2 Å². The number of nitrogens with zero attached hydrogens (tertiary/aromatic N) is 2. The summed E-state index contributed by atoms with van der Waals surface area (Å²) in [5.41, 5.74) is -0.676. The Morgan fingerprint density at radius 1 is 0.906 bits per heavy atom. The summed E-state index contributed by atoms with van der Waals surface area (Å²) in [6.45, 7) is 9.37. The van der Waals surface area contributed by atoms with Crippen molar-refractivity contribution in [3.05, 3.63) is 35.9 Å². The van der Waals surface area contributed by atoms with Crippen LogP contribution in [0.4, 0.5) is 18.4 Å². The third kappa shape index (κ3) is 11.3. The Kier molecular flexibility index (Phi) is 10.3. The Morgan fingerprint density at radius 2 is 1.44 bits per heavy atom. The average molecular weight is 459 g/mol. The van der Waals surface area contributed by atoms with Crippen LogP contribution in [0.25, 0.3) is 0 Å². The van der Waals surface area contributed by atoms with Crippen molar-refractivity contribution in [3.63, 3.8) is 0 Å². The number of carbonyl (C=O) groups is 2. The van der Waals surface area contributed by atoms with Crippen molar-refractivity contribution in [1.82, 2.24) is 9.80 Å². The molecule has 0 N–H and O–H groups in total. The van der Waals surface area contributed by atoms with Crippen molar-refractivity contribution in [2.75, 3.05) is 26.7 Å². The van der Waals surface area contributed by atoms with E-state index in [-0.39, 0.29) is 19.8 Å². The lowest BCUT2D eigenvalue weighted by molar-refractivity contribution is -0.0164. The maximum atomic E-state index is 13.2. The molecule has 1 rings (SSSR count). The highest BCUT2D eigenvalue weighted by Crippen LogP contribution is 2.16. The van der Waals surface area contributed by atoms with Crippen LogP contribution in [0.5, 0.6) is 0 Å². The Balaban J connectivity index is 3.00. The van der Waals surface area contributed by atoms with Gasteiger partial charge in [-0.2, -0.15) is 0 Å². The molecule has 0 heterocycles. The van der Waals surface area contributed by atoms with Gasteiger partial charge in [0, 0.05) is 13.6 Å². The molecule has 32 heavy (non-hydrogen) atoms. The second kappa shape index (κ2) is 12.0. The van der Waals surface area contributed by atoms with E-state index in [1.54, 1.807) is 41.5 Å². The molecule has 0 radical (unpaired) electrons. The number of amides is 2. The molecule has 1 aromatic carbocycles. The van der Waals surface area contributed by atoms with E-state index in [1.807, 2.05) is 30.3 Å². The number of benzene rings is 1. The molecule has 0 aliphatic heterocycles. The van der Waals surface area contributed by atoms with E-state index < -0.39 is 42.4 Å². The molecular weight excluding hydrogens is 422 g/mol. The lowest BCUT2D eigenvalue weighted by Crippen LogP contribution is -2.51. The minimum Gasteiger partial charge on any atom is -0.444 e. The van der Waals surface area contributed by atoms with Gasteiger partial charge in [0.1, 0.15) is 11.2 Å². The van der Waals surface area contributed by atoms with Crippen molar-refractivity contribution in [1.29, 1.82) is 0 Å². The Labute approximate surface area is 189 Å². The number of carbonyl (C=O) groups excluding carboxylic acids is 2. The molecule has 1 aromatic rings. The van der Waals surface area contributed by atoms with Crippen molar-refractivity contribution in [3.8, 4) is 0 Å². The summed E-state index contributed by atoms with van der Waals surface area (Å²) in [6.07, 6.45) is -4.30. The highest BCUT2D eigenvalue weighted by Gasteiger charge is 2.31. The quantitative estimate of drug-likeness (QED) is 0.524. The molecule has 2 amide bonds. The average Bonchev–Trinajstić information content (AvgIpc) is 2.63. The van der Waals surface area contributed by atoms with Gasteiger partial charge in [-0.25, -0.2) is 18.4 Å². The van der Waals surface area contributed by atoms with Gasteiger partial charge < -0.3 is 24.0 Å². The van der Waals surface area contributed by atoms with Crippen LogP contribution < -0.4 is 0 Å². The Bertz CT molecular complexity index is 717. The number of halogens is 2. The van der Waals surface area contributed by atoms with Gasteiger partial charge >= 0.3 is 12.2 Å².